The number of nitrogens with zero attached hydrogens (tertiary/aromatic N) is 1. The van der Waals surface area contributed by atoms with Crippen LogP contribution in [-0.2, 0) is 14.4 Å². The minimum absolute atomic E-state index is 0.104. The number of rotatable bonds is 5. The molecule has 0 unspecified atom stereocenters. The molecule has 8 heteroatoms. The molecule has 0 spiro atoms. The van der Waals surface area contributed by atoms with Crippen LogP contribution in [0.1, 0.15) is 19.4 Å². The molecule has 0 saturated carbocycles. The second kappa shape index (κ2) is 8.65. The van der Waals surface area contributed by atoms with Crippen LogP contribution >= 0.6 is 15.9 Å². The Morgan fingerprint density at radius 3 is 2.66 bits per heavy atom. The van der Waals surface area contributed by atoms with Crippen LogP contribution in [0, 0.1) is 12.8 Å². The van der Waals surface area contributed by atoms with Crippen LogP contribution in [0.15, 0.2) is 40.9 Å². The van der Waals surface area contributed by atoms with Crippen molar-refractivity contribution in [3.8, 4) is 5.75 Å². The van der Waals surface area contributed by atoms with Gasteiger partial charge in [-0.2, -0.15) is 0 Å². The van der Waals surface area contributed by atoms with Crippen LogP contribution in [0.2, 0.25) is 0 Å². The largest absolute Gasteiger partial charge is 0.482 e. The van der Waals surface area contributed by atoms with Gasteiger partial charge in [0.2, 0.25) is 11.8 Å². The van der Waals surface area contributed by atoms with Crippen molar-refractivity contribution in [2.75, 3.05) is 28.7 Å². The predicted octanol–water partition coefficient (Wildman–Crippen LogP) is 3.72. The number of nitrogens with one attached hydrogen (secondary N) is 2. The Balaban J connectivity index is 1.74. The first kappa shape index (κ1) is 20.9. The molecule has 7 nitrogen and oxygen atoms in total. The molecule has 0 aliphatic carbocycles. The van der Waals surface area contributed by atoms with Crippen molar-refractivity contribution in [2.24, 2.45) is 5.92 Å². The van der Waals surface area contributed by atoms with E-state index in [0.717, 1.165) is 10.0 Å². The van der Waals surface area contributed by atoms with Crippen LogP contribution in [0.5, 0.6) is 5.75 Å². The number of aryl methyl sites for hydroxylation is 1. The number of carbonyl (C=O) groups excluding carboxylic acids is 3. The third kappa shape index (κ3) is 4.95. The zero-order valence-corrected chi connectivity index (χ0v) is 18.0. The van der Waals surface area contributed by atoms with Gasteiger partial charge in [-0.05, 0) is 42.8 Å². The van der Waals surface area contributed by atoms with E-state index in [0.29, 0.717) is 22.8 Å². The van der Waals surface area contributed by atoms with E-state index in [4.69, 9.17) is 4.74 Å². The number of halogens is 1. The lowest BCUT2D eigenvalue weighted by Gasteiger charge is -2.29. The highest BCUT2D eigenvalue weighted by Gasteiger charge is 2.27. The van der Waals surface area contributed by atoms with E-state index in [1.165, 1.54) is 4.90 Å². The SMILES string of the molecule is Cc1ccc(NC(=O)C(C)C)cc1NC(=O)CN1C(=O)COc2cc(Br)ccc21. The number of anilines is 3. The summed E-state index contributed by atoms with van der Waals surface area (Å²) >= 11 is 3.37. The molecule has 152 valence electrons. The first-order valence-electron chi connectivity index (χ1n) is 9.18. The number of fused-ring (bicyclic) bond motifs is 1. The van der Waals surface area contributed by atoms with Crippen LogP contribution in [-0.4, -0.2) is 30.9 Å². The zero-order valence-electron chi connectivity index (χ0n) is 16.4. The first-order chi connectivity index (χ1) is 13.7. The van der Waals surface area contributed by atoms with Gasteiger partial charge in [0.05, 0.1) is 5.69 Å². The molecule has 0 fully saturated rings. The van der Waals surface area contributed by atoms with E-state index in [1.54, 1.807) is 30.3 Å². The van der Waals surface area contributed by atoms with Crippen molar-refractivity contribution in [3.63, 3.8) is 0 Å². The van der Waals surface area contributed by atoms with Gasteiger partial charge in [-0.15, -0.1) is 0 Å². The molecule has 2 N–H and O–H groups in total. The average Bonchev–Trinajstić information content (AvgIpc) is 2.66. The summed E-state index contributed by atoms with van der Waals surface area (Å²) in [5.74, 6) is -0.342. The van der Waals surface area contributed by atoms with Gasteiger partial charge in [0.1, 0.15) is 12.3 Å². The summed E-state index contributed by atoms with van der Waals surface area (Å²) in [6.45, 7) is 5.21. The first-order valence-corrected chi connectivity index (χ1v) is 9.98. The molecule has 1 aliphatic heterocycles. The molecule has 0 aromatic heterocycles. The van der Waals surface area contributed by atoms with Gasteiger partial charge in [0, 0.05) is 21.8 Å². The van der Waals surface area contributed by atoms with E-state index in [2.05, 4.69) is 26.6 Å². The number of amides is 3. The summed E-state index contributed by atoms with van der Waals surface area (Å²) in [5.41, 5.74) is 2.57. The normalized spacial score (nSPS) is 13.0. The average molecular weight is 460 g/mol. The molecule has 0 radical (unpaired) electrons. The second-order valence-electron chi connectivity index (χ2n) is 7.10. The Hall–Kier alpha value is -2.87. The fraction of sp³-hybridized carbons (Fsp3) is 0.286. The summed E-state index contributed by atoms with van der Waals surface area (Å²) in [7, 11) is 0. The van der Waals surface area contributed by atoms with Gasteiger partial charge in [0.15, 0.2) is 6.61 Å². The molecule has 2 aromatic rings. The highest BCUT2D eigenvalue weighted by Crippen LogP contribution is 2.34. The number of hydrogen-bond donors (Lipinski definition) is 2. The van der Waals surface area contributed by atoms with Crippen LogP contribution in [0.3, 0.4) is 0 Å². The number of hydrogen-bond acceptors (Lipinski definition) is 4. The summed E-state index contributed by atoms with van der Waals surface area (Å²) in [5, 5.41) is 5.64. The fourth-order valence-electron chi connectivity index (χ4n) is 2.81. The maximum atomic E-state index is 12.7. The Morgan fingerprint density at radius 1 is 1.17 bits per heavy atom. The second-order valence-corrected chi connectivity index (χ2v) is 8.02. The van der Waals surface area contributed by atoms with E-state index >= 15 is 0 Å². The molecular weight excluding hydrogens is 438 g/mol. The lowest BCUT2D eigenvalue weighted by atomic mass is 10.1. The number of ether oxygens (including phenoxy) is 1. The summed E-state index contributed by atoms with van der Waals surface area (Å²) < 4.78 is 6.27. The van der Waals surface area contributed by atoms with Crippen LogP contribution in [0.4, 0.5) is 17.1 Å². The molecule has 0 bridgehead atoms. The van der Waals surface area contributed by atoms with Gasteiger partial charge >= 0.3 is 0 Å². The van der Waals surface area contributed by atoms with Gasteiger partial charge in [-0.3, -0.25) is 19.3 Å². The molecular formula is C21H22BrN3O4. The summed E-state index contributed by atoms with van der Waals surface area (Å²) in [6, 6.07) is 10.6. The van der Waals surface area contributed by atoms with E-state index in [-0.39, 0.29) is 36.8 Å². The quantitative estimate of drug-likeness (QED) is 0.712. The highest BCUT2D eigenvalue weighted by molar-refractivity contribution is 9.10. The van der Waals surface area contributed by atoms with Gasteiger partial charge < -0.3 is 15.4 Å². The summed E-state index contributed by atoms with van der Waals surface area (Å²) in [4.78, 5) is 38.3. The Bertz CT molecular complexity index is 974. The van der Waals surface area contributed by atoms with Gasteiger partial charge in [0.25, 0.3) is 5.91 Å². The van der Waals surface area contributed by atoms with E-state index in [1.807, 2.05) is 26.8 Å². The molecule has 29 heavy (non-hydrogen) atoms. The minimum Gasteiger partial charge on any atom is -0.482 e. The van der Waals surface area contributed by atoms with Gasteiger partial charge in [-0.1, -0.05) is 35.8 Å². The monoisotopic (exact) mass is 459 g/mol. The molecule has 0 saturated heterocycles. The van der Waals surface area contributed by atoms with Crippen molar-refractivity contribution in [2.45, 2.75) is 20.8 Å². The Labute approximate surface area is 177 Å². The lowest BCUT2D eigenvalue weighted by Crippen LogP contribution is -2.43. The molecule has 3 amide bonds. The molecule has 1 heterocycles. The third-order valence-corrected chi connectivity index (χ3v) is 4.96. The molecule has 0 atom stereocenters. The standard InChI is InChI=1S/C21H22BrN3O4/c1-12(2)21(28)23-15-6-4-13(3)16(9-15)24-19(26)10-25-17-7-5-14(22)8-18(17)29-11-20(25)27/h4-9,12H,10-11H2,1-3H3,(H,23,28)(H,24,26). The van der Waals surface area contributed by atoms with Crippen molar-refractivity contribution in [3.05, 3.63) is 46.4 Å². The topological polar surface area (TPSA) is 87.7 Å². The maximum absolute atomic E-state index is 12.7. The number of benzene rings is 2. The van der Waals surface area contributed by atoms with Crippen LogP contribution < -0.4 is 20.3 Å². The van der Waals surface area contributed by atoms with E-state index in [9.17, 15) is 14.4 Å². The van der Waals surface area contributed by atoms with Crippen LogP contribution in [0.25, 0.3) is 0 Å². The van der Waals surface area contributed by atoms with E-state index < -0.39 is 0 Å². The molecule has 3 rings (SSSR count). The van der Waals surface area contributed by atoms with Crippen molar-refractivity contribution in [1.29, 1.82) is 0 Å². The smallest absolute Gasteiger partial charge is 0.265 e. The number of carbonyl (C=O) groups is 3. The Kier molecular flexibility index (Phi) is 6.22. The lowest BCUT2D eigenvalue weighted by molar-refractivity contribution is -0.123. The maximum Gasteiger partial charge on any atom is 0.265 e. The molecule has 2 aromatic carbocycles. The van der Waals surface area contributed by atoms with Gasteiger partial charge in [-0.25, -0.2) is 0 Å². The highest BCUT2D eigenvalue weighted by atomic mass is 79.9. The zero-order chi connectivity index (χ0) is 21.1. The predicted molar refractivity (Wildman–Crippen MR) is 115 cm³/mol. The Morgan fingerprint density at radius 2 is 1.93 bits per heavy atom. The van der Waals surface area contributed by atoms with Crippen molar-refractivity contribution < 1.29 is 19.1 Å². The summed E-state index contributed by atoms with van der Waals surface area (Å²) in [6.07, 6.45) is 0. The van der Waals surface area contributed by atoms with Crippen molar-refractivity contribution >= 4 is 50.7 Å². The minimum atomic E-state index is -0.343. The van der Waals surface area contributed by atoms with Crippen molar-refractivity contribution in [1.82, 2.24) is 0 Å². The fourth-order valence-corrected chi connectivity index (χ4v) is 3.15. The molecule has 1 aliphatic rings. The third-order valence-electron chi connectivity index (χ3n) is 4.47.